The Morgan fingerprint density at radius 2 is 1.48 bits per heavy atom. The number of nitrogens with one attached hydrogen (secondary N) is 1. The van der Waals surface area contributed by atoms with Gasteiger partial charge in [-0.1, -0.05) is 72.4 Å². The highest BCUT2D eigenvalue weighted by atomic mass is 32.2. The van der Waals surface area contributed by atoms with Gasteiger partial charge in [0.05, 0.1) is 5.56 Å². The van der Waals surface area contributed by atoms with Crippen molar-refractivity contribution in [1.29, 1.82) is 0 Å². The fraction of sp³-hybridized carbons (Fsp3) is 0.0769. The third kappa shape index (κ3) is 4.95. The molecule has 4 aromatic carbocycles. The summed E-state index contributed by atoms with van der Waals surface area (Å²) in [5.41, 5.74) is 2.29. The summed E-state index contributed by atoms with van der Waals surface area (Å²) in [4.78, 5) is 26.1. The quantitative estimate of drug-likeness (QED) is 0.367. The largest absolute Gasteiger partial charge is 0.461 e. The molecule has 0 aliphatic heterocycles. The Bertz CT molecular complexity index is 1230. The minimum absolute atomic E-state index is 0.158. The second-order valence-corrected chi connectivity index (χ2v) is 8.05. The molecule has 1 N–H and O–H groups in total. The van der Waals surface area contributed by atoms with Gasteiger partial charge in [-0.05, 0) is 41.3 Å². The number of para-hydroxylation sites is 1. The van der Waals surface area contributed by atoms with Gasteiger partial charge >= 0.3 is 5.97 Å². The minimum atomic E-state index is -0.315. The Kier molecular flexibility index (Phi) is 6.34. The van der Waals surface area contributed by atoms with Crippen molar-refractivity contribution in [3.63, 3.8) is 0 Å². The summed E-state index contributed by atoms with van der Waals surface area (Å²) in [6, 6.07) is 29.0. The van der Waals surface area contributed by atoms with E-state index in [9.17, 15) is 9.59 Å². The fourth-order valence-electron chi connectivity index (χ4n) is 3.35. The Labute approximate surface area is 185 Å². The molecule has 0 radical (unpaired) electrons. The molecule has 4 rings (SSSR count). The van der Waals surface area contributed by atoms with Crippen LogP contribution in [0.2, 0.25) is 0 Å². The number of rotatable bonds is 6. The van der Waals surface area contributed by atoms with Crippen LogP contribution < -0.4 is 5.32 Å². The van der Waals surface area contributed by atoms with E-state index < -0.39 is 0 Å². The fourth-order valence-corrected chi connectivity index (χ4v) is 4.50. The summed E-state index contributed by atoms with van der Waals surface area (Å²) in [6.45, 7) is 1.61. The van der Waals surface area contributed by atoms with Crippen molar-refractivity contribution in [1.82, 2.24) is 0 Å². The van der Waals surface area contributed by atoms with Crippen LogP contribution in [0.5, 0.6) is 0 Å². The molecule has 0 heterocycles. The van der Waals surface area contributed by atoms with E-state index in [1.807, 2.05) is 91.0 Å². The van der Waals surface area contributed by atoms with E-state index in [0.717, 1.165) is 31.8 Å². The van der Waals surface area contributed by atoms with Gasteiger partial charge in [-0.2, -0.15) is 0 Å². The third-order valence-electron chi connectivity index (χ3n) is 4.77. The highest BCUT2D eigenvalue weighted by Crippen LogP contribution is 2.37. The van der Waals surface area contributed by atoms with Crippen LogP contribution in [-0.4, -0.2) is 11.9 Å². The van der Waals surface area contributed by atoms with Crippen molar-refractivity contribution in [2.45, 2.75) is 23.3 Å². The van der Waals surface area contributed by atoms with Crippen LogP contribution in [0, 0.1) is 0 Å². The Balaban J connectivity index is 1.69. The maximum Gasteiger partial charge on any atom is 0.302 e. The summed E-state index contributed by atoms with van der Waals surface area (Å²) in [6.07, 6.45) is 0. The van der Waals surface area contributed by atoms with Crippen molar-refractivity contribution in [3.8, 4) is 0 Å². The topological polar surface area (TPSA) is 55.4 Å². The van der Waals surface area contributed by atoms with Gasteiger partial charge in [-0.15, -0.1) is 0 Å². The number of carbonyl (C=O) groups excluding carboxylic acids is 2. The Hall–Kier alpha value is -3.57. The molecule has 0 aliphatic carbocycles. The van der Waals surface area contributed by atoms with Gasteiger partial charge in [0.25, 0.3) is 5.91 Å². The SMILES string of the molecule is CC(=O)OCc1cccc2cccc(Sc3ccccc3C(=O)Nc3ccccc3)c12. The lowest BCUT2D eigenvalue weighted by atomic mass is 10.1. The van der Waals surface area contributed by atoms with Crippen molar-refractivity contribution in [2.24, 2.45) is 0 Å². The number of ether oxygens (including phenoxy) is 1. The van der Waals surface area contributed by atoms with Gasteiger partial charge < -0.3 is 10.1 Å². The van der Waals surface area contributed by atoms with Crippen molar-refractivity contribution >= 4 is 40.1 Å². The lowest BCUT2D eigenvalue weighted by Crippen LogP contribution is -2.12. The number of amides is 1. The number of hydrogen-bond donors (Lipinski definition) is 1. The number of fused-ring (bicyclic) bond motifs is 1. The molecule has 1 amide bonds. The maximum absolute atomic E-state index is 13.0. The van der Waals surface area contributed by atoms with Crippen LogP contribution in [0.1, 0.15) is 22.8 Å². The molecule has 0 aromatic heterocycles. The number of carbonyl (C=O) groups is 2. The predicted molar refractivity (Wildman–Crippen MR) is 124 cm³/mol. The number of anilines is 1. The lowest BCUT2D eigenvalue weighted by Gasteiger charge is -2.14. The lowest BCUT2D eigenvalue weighted by molar-refractivity contribution is -0.142. The smallest absolute Gasteiger partial charge is 0.302 e. The minimum Gasteiger partial charge on any atom is -0.461 e. The van der Waals surface area contributed by atoms with E-state index >= 15 is 0 Å². The van der Waals surface area contributed by atoms with Gasteiger partial charge in [-0.25, -0.2) is 0 Å². The molecule has 4 aromatic rings. The highest BCUT2D eigenvalue weighted by Gasteiger charge is 2.15. The first kappa shape index (κ1) is 20.7. The van der Waals surface area contributed by atoms with Gasteiger partial charge in [0, 0.05) is 27.8 Å². The van der Waals surface area contributed by atoms with Crippen LogP contribution >= 0.6 is 11.8 Å². The summed E-state index contributed by atoms with van der Waals surface area (Å²) in [7, 11) is 0. The molecule has 0 saturated heterocycles. The summed E-state index contributed by atoms with van der Waals surface area (Å²) < 4.78 is 5.26. The molecular formula is C26H21NO3S. The van der Waals surface area contributed by atoms with E-state index in [2.05, 4.69) is 5.32 Å². The second kappa shape index (κ2) is 9.49. The molecule has 4 nitrogen and oxygen atoms in total. The van der Waals surface area contributed by atoms with Crippen molar-refractivity contribution < 1.29 is 14.3 Å². The van der Waals surface area contributed by atoms with Crippen molar-refractivity contribution in [3.05, 3.63) is 102 Å². The van der Waals surface area contributed by atoms with E-state index in [1.54, 1.807) is 0 Å². The Morgan fingerprint density at radius 1 is 0.806 bits per heavy atom. The van der Waals surface area contributed by atoms with Crippen LogP contribution in [-0.2, 0) is 16.1 Å². The van der Waals surface area contributed by atoms with Gasteiger partial charge in [0.1, 0.15) is 6.61 Å². The molecule has 0 saturated carbocycles. The standard InChI is InChI=1S/C26H21NO3S/c1-18(28)30-17-20-11-7-9-19-10-8-16-24(25(19)20)31-23-15-6-5-14-22(23)26(29)27-21-12-3-2-4-13-21/h2-16H,17H2,1H3,(H,27,29). The zero-order chi connectivity index (χ0) is 21.6. The highest BCUT2D eigenvalue weighted by molar-refractivity contribution is 7.99. The number of hydrogen-bond acceptors (Lipinski definition) is 4. The Morgan fingerprint density at radius 3 is 2.26 bits per heavy atom. The van der Waals surface area contributed by atoms with Gasteiger partial charge in [-0.3, -0.25) is 9.59 Å². The van der Waals surface area contributed by atoms with Gasteiger partial charge in [0.15, 0.2) is 0 Å². The van der Waals surface area contributed by atoms with E-state index in [4.69, 9.17) is 4.74 Å². The summed E-state index contributed by atoms with van der Waals surface area (Å²) in [5, 5.41) is 5.04. The second-order valence-electron chi connectivity index (χ2n) is 6.97. The van der Waals surface area contributed by atoms with E-state index in [0.29, 0.717) is 5.56 Å². The van der Waals surface area contributed by atoms with Crippen LogP contribution in [0.15, 0.2) is 101 Å². The third-order valence-corrected chi connectivity index (χ3v) is 5.90. The molecule has 0 atom stereocenters. The molecule has 0 aliphatic rings. The van der Waals surface area contributed by atoms with Crippen molar-refractivity contribution in [2.75, 3.05) is 5.32 Å². The normalized spacial score (nSPS) is 10.6. The molecule has 154 valence electrons. The monoisotopic (exact) mass is 427 g/mol. The average molecular weight is 428 g/mol. The number of esters is 1. The number of benzene rings is 4. The van der Waals surface area contributed by atoms with Crippen LogP contribution in [0.25, 0.3) is 10.8 Å². The molecule has 31 heavy (non-hydrogen) atoms. The zero-order valence-corrected chi connectivity index (χ0v) is 17.8. The van der Waals surface area contributed by atoms with Gasteiger partial charge in [0.2, 0.25) is 0 Å². The molecular weight excluding hydrogens is 406 g/mol. The first-order valence-corrected chi connectivity index (χ1v) is 10.7. The predicted octanol–water partition coefficient (Wildman–Crippen LogP) is 6.31. The molecule has 0 fully saturated rings. The molecule has 0 bridgehead atoms. The maximum atomic E-state index is 13.0. The first-order chi connectivity index (χ1) is 15.1. The van der Waals surface area contributed by atoms with Crippen LogP contribution in [0.3, 0.4) is 0 Å². The molecule has 0 spiro atoms. The summed E-state index contributed by atoms with van der Waals surface area (Å²) in [5.74, 6) is -0.472. The molecule has 5 heteroatoms. The first-order valence-electron chi connectivity index (χ1n) is 9.89. The average Bonchev–Trinajstić information content (AvgIpc) is 2.78. The van der Waals surface area contributed by atoms with Crippen LogP contribution in [0.4, 0.5) is 5.69 Å². The molecule has 0 unspecified atom stereocenters. The zero-order valence-electron chi connectivity index (χ0n) is 17.0. The van der Waals surface area contributed by atoms with E-state index in [-0.39, 0.29) is 18.5 Å². The summed E-state index contributed by atoms with van der Waals surface area (Å²) >= 11 is 1.53. The van der Waals surface area contributed by atoms with E-state index in [1.165, 1.54) is 18.7 Å².